The molecule has 2 aromatic rings. The maximum Gasteiger partial charge on any atom is 0.251 e. The number of nitrogens with two attached hydrogens (primary N) is 1. The highest BCUT2D eigenvalue weighted by Crippen LogP contribution is 2.45. The fourth-order valence-corrected chi connectivity index (χ4v) is 5.90. The summed E-state index contributed by atoms with van der Waals surface area (Å²) in [6, 6.07) is 13.4. The van der Waals surface area contributed by atoms with E-state index in [0.29, 0.717) is 17.4 Å². The van der Waals surface area contributed by atoms with Crippen LogP contribution in [0.3, 0.4) is 0 Å². The Bertz CT molecular complexity index is 1240. The van der Waals surface area contributed by atoms with Gasteiger partial charge in [-0.3, -0.25) is 20.0 Å². The summed E-state index contributed by atoms with van der Waals surface area (Å²) in [5, 5.41) is 10.0. The standard InChI is InChI=1S/C34H48FN5O2/c1-23(2)25-15-19-34(20-16-25,39-24(3)26-11-13-29(35)14-12-26)40(22-41)30(17-18-33(4,5)6)27-7-9-28(10-8-27)32(42)38-21-31(36)37/h7-14,22-23,25,30H,15-21H2,1-6H3,(H3,36,37)(H,38,42)/b39-24+. The van der Waals surface area contributed by atoms with Gasteiger partial charge in [0.1, 0.15) is 17.3 Å². The van der Waals surface area contributed by atoms with Crippen LogP contribution in [0.15, 0.2) is 53.5 Å². The average molecular weight is 578 g/mol. The Morgan fingerprint density at radius 2 is 1.69 bits per heavy atom. The van der Waals surface area contributed by atoms with Crippen molar-refractivity contribution in [1.82, 2.24) is 10.2 Å². The molecular formula is C34H48FN5O2. The van der Waals surface area contributed by atoms with E-state index in [4.69, 9.17) is 16.1 Å². The summed E-state index contributed by atoms with van der Waals surface area (Å²) in [5.74, 6) is 0.395. The molecule has 1 unspecified atom stereocenters. The molecule has 8 heteroatoms. The fraction of sp³-hybridized carbons (Fsp3) is 0.529. The first kappa shape index (κ1) is 33.0. The number of hydrogen-bond donors (Lipinski definition) is 3. The van der Waals surface area contributed by atoms with Crippen molar-refractivity contribution in [3.8, 4) is 0 Å². The van der Waals surface area contributed by atoms with Crippen LogP contribution in [-0.4, -0.2) is 41.0 Å². The van der Waals surface area contributed by atoms with Crippen molar-refractivity contribution in [3.63, 3.8) is 0 Å². The second-order valence-corrected chi connectivity index (χ2v) is 13.2. The molecule has 1 fully saturated rings. The predicted molar refractivity (Wildman–Crippen MR) is 168 cm³/mol. The molecule has 0 heterocycles. The summed E-state index contributed by atoms with van der Waals surface area (Å²) in [6.45, 7) is 13.0. The number of benzene rings is 2. The van der Waals surface area contributed by atoms with Crippen molar-refractivity contribution in [2.45, 2.75) is 91.8 Å². The van der Waals surface area contributed by atoms with Gasteiger partial charge in [-0.15, -0.1) is 0 Å². The molecule has 2 amide bonds. The van der Waals surface area contributed by atoms with E-state index in [2.05, 4.69) is 39.9 Å². The highest BCUT2D eigenvalue weighted by atomic mass is 19.1. The number of rotatable bonds is 12. The Morgan fingerprint density at radius 1 is 1.12 bits per heavy atom. The van der Waals surface area contributed by atoms with E-state index in [1.807, 2.05) is 24.0 Å². The Kier molecular flexibility index (Phi) is 11.0. The van der Waals surface area contributed by atoms with Gasteiger partial charge >= 0.3 is 0 Å². The van der Waals surface area contributed by atoms with E-state index < -0.39 is 5.66 Å². The zero-order valence-corrected chi connectivity index (χ0v) is 26.0. The van der Waals surface area contributed by atoms with Gasteiger partial charge in [0.05, 0.1) is 12.6 Å². The fourth-order valence-electron chi connectivity index (χ4n) is 5.90. The van der Waals surface area contributed by atoms with E-state index in [0.717, 1.165) is 61.8 Å². The Balaban J connectivity index is 2.06. The van der Waals surface area contributed by atoms with Crippen LogP contribution in [0.5, 0.6) is 0 Å². The summed E-state index contributed by atoms with van der Waals surface area (Å²) < 4.78 is 13.7. The van der Waals surface area contributed by atoms with Crippen LogP contribution in [0.2, 0.25) is 0 Å². The molecule has 0 aliphatic heterocycles. The minimum atomic E-state index is -0.744. The maximum absolute atomic E-state index is 13.7. The zero-order valence-electron chi connectivity index (χ0n) is 26.0. The van der Waals surface area contributed by atoms with Gasteiger partial charge in [0, 0.05) is 11.3 Å². The van der Waals surface area contributed by atoms with Crippen LogP contribution >= 0.6 is 0 Å². The third-order valence-corrected chi connectivity index (χ3v) is 8.51. The molecule has 1 aliphatic carbocycles. The largest absolute Gasteiger partial charge is 0.386 e. The number of hydrogen-bond acceptors (Lipinski definition) is 4. The van der Waals surface area contributed by atoms with Crippen molar-refractivity contribution in [2.75, 3.05) is 6.54 Å². The van der Waals surface area contributed by atoms with Crippen molar-refractivity contribution in [2.24, 2.45) is 28.0 Å². The molecule has 0 saturated heterocycles. The number of carbonyl (C=O) groups is 2. The minimum absolute atomic E-state index is 0.0149. The molecule has 1 aliphatic rings. The molecule has 3 rings (SSSR count). The van der Waals surface area contributed by atoms with Gasteiger partial charge in [-0.1, -0.05) is 58.9 Å². The number of amidine groups is 1. The summed E-state index contributed by atoms with van der Waals surface area (Å²) in [7, 11) is 0. The lowest BCUT2D eigenvalue weighted by Crippen LogP contribution is -2.51. The lowest BCUT2D eigenvalue weighted by atomic mass is 9.75. The monoisotopic (exact) mass is 577 g/mol. The number of carbonyl (C=O) groups excluding carboxylic acids is 2. The molecule has 4 N–H and O–H groups in total. The quantitative estimate of drug-likeness (QED) is 0.145. The highest BCUT2D eigenvalue weighted by molar-refractivity contribution is 5.99. The van der Waals surface area contributed by atoms with Gasteiger partial charge in [0.2, 0.25) is 6.41 Å². The van der Waals surface area contributed by atoms with Crippen molar-refractivity contribution < 1.29 is 14.0 Å². The van der Waals surface area contributed by atoms with Gasteiger partial charge in [0.15, 0.2) is 0 Å². The predicted octanol–water partition coefficient (Wildman–Crippen LogP) is 6.87. The van der Waals surface area contributed by atoms with Crippen LogP contribution in [-0.2, 0) is 4.79 Å². The van der Waals surface area contributed by atoms with E-state index in [-0.39, 0.29) is 35.6 Å². The zero-order chi connectivity index (χ0) is 31.1. The smallest absolute Gasteiger partial charge is 0.251 e. The molecule has 0 aromatic heterocycles. The first-order valence-corrected chi connectivity index (χ1v) is 15.0. The third kappa shape index (κ3) is 8.73. The van der Waals surface area contributed by atoms with Crippen molar-refractivity contribution >= 4 is 23.9 Å². The molecule has 42 heavy (non-hydrogen) atoms. The number of halogens is 1. The summed E-state index contributed by atoms with van der Waals surface area (Å²) >= 11 is 0. The third-order valence-electron chi connectivity index (χ3n) is 8.51. The van der Waals surface area contributed by atoms with E-state index in [1.165, 1.54) is 12.1 Å². The first-order chi connectivity index (χ1) is 19.7. The lowest BCUT2D eigenvalue weighted by Gasteiger charge is -2.48. The topological polar surface area (TPSA) is 112 Å². The molecule has 0 radical (unpaired) electrons. The molecule has 1 saturated carbocycles. The van der Waals surface area contributed by atoms with Crippen LogP contribution in [0.4, 0.5) is 4.39 Å². The molecule has 0 spiro atoms. The van der Waals surface area contributed by atoms with Crippen LogP contribution in [0.1, 0.15) is 108 Å². The van der Waals surface area contributed by atoms with E-state index in [9.17, 15) is 14.0 Å². The SMILES string of the molecule is C/C(=N\C1(N(C=O)C(CCC(C)(C)C)c2ccc(C(=O)NCC(=N)N)cc2)CCC(C(C)C)CC1)c1ccc(F)cc1. The van der Waals surface area contributed by atoms with Gasteiger partial charge in [0.25, 0.3) is 5.91 Å². The molecule has 228 valence electrons. The molecule has 2 aromatic carbocycles. The number of nitrogens with zero attached hydrogens (tertiary/aromatic N) is 2. The normalized spacial score (nSPS) is 20.2. The van der Waals surface area contributed by atoms with Crippen molar-refractivity contribution in [3.05, 3.63) is 71.0 Å². The minimum Gasteiger partial charge on any atom is -0.386 e. The number of aliphatic imine (C=N–C) groups is 1. The second-order valence-electron chi connectivity index (χ2n) is 13.2. The van der Waals surface area contributed by atoms with Crippen molar-refractivity contribution in [1.29, 1.82) is 5.41 Å². The number of nitrogens with one attached hydrogen (secondary N) is 2. The molecular weight excluding hydrogens is 529 g/mol. The lowest BCUT2D eigenvalue weighted by molar-refractivity contribution is -0.130. The Hall–Kier alpha value is -3.55. The molecule has 0 bridgehead atoms. The van der Waals surface area contributed by atoms with Gasteiger partial charge in [-0.2, -0.15) is 0 Å². The van der Waals surface area contributed by atoms with Gasteiger partial charge in [-0.05, 0) is 98.1 Å². The first-order valence-electron chi connectivity index (χ1n) is 15.0. The Morgan fingerprint density at radius 3 is 2.19 bits per heavy atom. The Labute approximate surface area is 250 Å². The van der Waals surface area contributed by atoms with Crippen LogP contribution < -0.4 is 11.1 Å². The van der Waals surface area contributed by atoms with Crippen LogP contribution in [0, 0.1) is 28.5 Å². The maximum atomic E-state index is 13.7. The van der Waals surface area contributed by atoms with E-state index >= 15 is 0 Å². The van der Waals surface area contributed by atoms with Crippen LogP contribution in [0.25, 0.3) is 0 Å². The van der Waals surface area contributed by atoms with E-state index in [1.54, 1.807) is 24.3 Å². The van der Waals surface area contributed by atoms with Gasteiger partial charge in [-0.25, -0.2) is 4.39 Å². The molecule has 1 atom stereocenters. The summed E-state index contributed by atoms with van der Waals surface area (Å²) in [5.41, 5.74) is 7.70. The molecule has 7 nitrogen and oxygen atoms in total. The highest BCUT2D eigenvalue weighted by Gasteiger charge is 2.44. The van der Waals surface area contributed by atoms with Gasteiger partial charge < -0.3 is 16.0 Å². The second kappa shape index (κ2) is 14.1. The summed E-state index contributed by atoms with van der Waals surface area (Å²) in [6.07, 6.45) is 5.98. The summed E-state index contributed by atoms with van der Waals surface area (Å²) in [4.78, 5) is 33.0. The number of amides is 2. The average Bonchev–Trinajstić information content (AvgIpc) is 2.94.